The lowest BCUT2D eigenvalue weighted by molar-refractivity contribution is -0.209. The predicted octanol–water partition coefficient (Wildman–Crippen LogP) is 0.495. The van der Waals surface area contributed by atoms with Crippen molar-refractivity contribution in [1.29, 1.82) is 0 Å². The van der Waals surface area contributed by atoms with Gasteiger partial charge in [-0.05, 0) is 13.8 Å². The van der Waals surface area contributed by atoms with E-state index in [0.29, 0.717) is 0 Å². The normalized spacial score (nSPS) is 25.6. The fourth-order valence-electron chi connectivity index (χ4n) is 2.58. The Balaban J connectivity index is 3.18. The van der Waals surface area contributed by atoms with Crippen molar-refractivity contribution in [2.75, 3.05) is 6.61 Å². The van der Waals surface area contributed by atoms with E-state index in [1.165, 1.54) is 27.7 Å². The second-order valence-corrected chi connectivity index (χ2v) is 6.25. The van der Waals surface area contributed by atoms with Gasteiger partial charge in [-0.2, -0.15) is 0 Å². The maximum atomic E-state index is 11.6. The third-order valence-corrected chi connectivity index (χ3v) is 3.35. The van der Waals surface area contributed by atoms with Crippen LogP contribution in [0.1, 0.15) is 41.5 Å². The van der Waals surface area contributed by atoms with Gasteiger partial charge in [-0.1, -0.05) is 0 Å². The summed E-state index contributed by atoms with van der Waals surface area (Å²) in [6.07, 6.45) is -5.77. The first-order valence-electron chi connectivity index (χ1n) is 8.47. The van der Waals surface area contributed by atoms with Crippen LogP contribution in [0.15, 0.2) is 0 Å². The molecule has 1 aliphatic heterocycles. The fourth-order valence-corrected chi connectivity index (χ4v) is 2.58. The molecule has 0 aromatic heterocycles. The molecule has 0 N–H and O–H groups in total. The van der Waals surface area contributed by atoms with Gasteiger partial charge in [-0.3, -0.25) is 19.2 Å². The highest BCUT2D eigenvalue weighted by molar-refractivity contribution is 5.68. The zero-order valence-corrected chi connectivity index (χ0v) is 16.3. The molecule has 0 bridgehead atoms. The molecule has 1 rings (SSSR count). The van der Waals surface area contributed by atoms with Gasteiger partial charge in [0.15, 0.2) is 24.6 Å². The number of carbonyl (C=O) groups is 4. The number of rotatable bonds is 8. The molecule has 10 nitrogen and oxygen atoms in total. The summed E-state index contributed by atoms with van der Waals surface area (Å²) in [6.45, 7) is 7.87. The van der Waals surface area contributed by atoms with Crippen LogP contribution >= 0.6 is 0 Å². The molecule has 154 valence electrons. The van der Waals surface area contributed by atoms with Crippen LogP contribution in [-0.2, 0) is 47.6 Å². The Bertz CT molecular complexity index is 558. The SMILES string of the molecule is CC(=O)OCC(OC(C)=O)C1OC(OC(C)C)C(OC(C)=O)C1OC(C)=O. The summed E-state index contributed by atoms with van der Waals surface area (Å²) in [5.41, 5.74) is 0. The Morgan fingerprint density at radius 3 is 1.85 bits per heavy atom. The first-order chi connectivity index (χ1) is 12.5. The maximum absolute atomic E-state index is 11.6. The van der Waals surface area contributed by atoms with Crippen molar-refractivity contribution in [2.45, 2.75) is 78.4 Å². The van der Waals surface area contributed by atoms with E-state index < -0.39 is 54.6 Å². The van der Waals surface area contributed by atoms with E-state index in [9.17, 15) is 19.2 Å². The van der Waals surface area contributed by atoms with Crippen molar-refractivity contribution >= 4 is 23.9 Å². The minimum Gasteiger partial charge on any atom is -0.462 e. The second-order valence-electron chi connectivity index (χ2n) is 6.25. The molecule has 5 atom stereocenters. The lowest BCUT2D eigenvalue weighted by Crippen LogP contribution is -2.47. The quantitative estimate of drug-likeness (QED) is 0.427. The topological polar surface area (TPSA) is 124 Å². The van der Waals surface area contributed by atoms with E-state index in [-0.39, 0.29) is 12.7 Å². The molecule has 0 aliphatic carbocycles. The van der Waals surface area contributed by atoms with Gasteiger partial charge in [0.05, 0.1) is 6.10 Å². The third kappa shape index (κ3) is 7.51. The van der Waals surface area contributed by atoms with Gasteiger partial charge in [0.25, 0.3) is 0 Å². The molecule has 0 amide bonds. The minimum atomic E-state index is -1.13. The molecular formula is C17H26O10. The fraction of sp³-hybridized carbons (Fsp3) is 0.765. The smallest absolute Gasteiger partial charge is 0.303 e. The number of hydrogen-bond donors (Lipinski definition) is 0. The molecule has 1 aliphatic rings. The first kappa shape index (κ1) is 22.8. The summed E-state index contributed by atoms with van der Waals surface area (Å²) >= 11 is 0. The van der Waals surface area contributed by atoms with Crippen LogP contribution in [0.2, 0.25) is 0 Å². The van der Waals surface area contributed by atoms with Crippen LogP contribution in [0.3, 0.4) is 0 Å². The number of hydrogen-bond acceptors (Lipinski definition) is 10. The predicted molar refractivity (Wildman–Crippen MR) is 88.2 cm³/mol. The van der Waals surface area contributed by atoms with Crippen LogP contribution in [0, 0.1) is 0 Å². The largest absolute Gasteiger partial charge is 0.462 e. The Labute approximate surface area is 157 Å². The maximum Gasteiger partial charge on any atom is 0.303 e. The van der Waals surface area contributed by atoms with Crippen molar-refractivity contribution in [3.63, 3.8) is 0 Å². The number of ether oxygens (including phenoxy) is 6. The van der Waals surface area contributed by atoms with Crippen molar-refractivity contribution < 1.29 is 47.6 Å². The van der Waals surface area contributed by atoms with E-state index in [1.54, 1.807) is 13.8 Å². The summed E-state index contributed by atoms with van der Waals surface area (Å²) in [6, 6.07) is 0. The van der Waals surface area contributed by atoms with Crippen molar-refractivity contribution in [2.24, 2.45) is 0 Å². The van der Waals surface area contributed by atoms with Crippen molar-refractivity contribution in [3.8, 4) is 0 Å². The molecule has 0 aromatic carbocycles. The van der Waals surface area contributed by atoms with E-state index in [0.717, 1.165) is 0 Å². The van der Waals surface area contributed by atoms with Gasteiger partial charge in [-0.25, -0.2) is 0 Å². The van der Waals surface area contributed by atoms with Crippen LogP contribution in [0.5, 0.6) is 0 Å². The van der Waals surface area contributed by atoms with Gasteiger partial charge >= 0.3 is 23.9 Å². The van der Waals surface area contributed by atoms with Crippen molar-refractivity contribution in [3.05, 3.63) is 0 Å². The molecule has 1 fully saturated rings. The highest BCUT2D eigenvalue weighted by atomic mass is 16.7. The summed E-state index contributed by atoms with van der Waals surface area (Å²) in [5, 5.41) is 0. The Morgan fingerprint density at radius 2 is 1.41 bits per heavy atom. The Kier molecular flexibility index (Phi) is 8.64. The number of esters is 4. The molecule has 10 heteroatoms. The Morgan fingerprint density at radius 1 is 0.852 bits per heavy atom. The molecule has 0 radical (unpaired) electrons. The Hall–Kier alpha value is -2.20. The van der Waals surface area contributed by atoms with Crippen LogP contribution < -0.4 is 0 Å². The molecule has 0 spiro atoms. The first-order valence-corrected chi connectivity index (χ1v) is 8.47. The summed E-state index contributed by atoms with van der Waals surface area (Å²) in [5.74, 6) is -2.55. The zero-order valence-electron chi connectivity index (χ0n) is 16.3. The average molecular weight is 390 g/mol. The standard InChI is InChI=1S/C17H26O10/c1-8(2)23-17-16(26-12(6)21)15(25-11(5)20)14(27-17)13(24-10(4)19)7-22-9(3)18/h8,13-17H,7H2,1-6H3. The zero-order chi connectivity index (χ0) is 20.7. The van der Waals surface area contributed by atoms with Gasteiger partial charge in [-0.15, -0.1) is 0 Å². The molecule has 1 heterocycles. The van der Waals surface area contributed by atoms with E-state index in [2.05, 4.69) is 0 Å². The molecule has 1 saturated heterocycles. The molecule has 27 heavy (non-hydrogen) atoms. The van der Waals surface area contributed by atoms with Gasteiger partial charge in [0, 0.05) is 27.7 Å². The molecule has 0 aromatic rings. The average Bonchev–Trinajstić information content (AvgIpc) is 2.79. The summed E-state index contributed by atoms with van der Waals surface area (Å²) < 4.78 is 32.0. The lowest BCUT2D eigenvalue weighted by Gasteiger charge is -2.27. The van der Waals surface area contributed by atoms with Gasteiger partial charge in [0.2, 0.25) is 0 Å². The van der Waals surface area contributed by atoms with Crippen LogP contribution in [0.4, 0.5) is 0 Å². The highest BCUT2D eigenvalue weighted by Crippen LogP contribution is 2.32. The van der Waals surface area contributed by atoms with Gasteiger partial charge < -0.3 is 28.4 Å². The lowest BCUT2D eigenvalue weighted by atomic mass is 10.1. The van der Waals surface area contributed by atoms with Crippen LogP contribution in [-0.4, -0.2) is 67.3 Å². The van der Waals surface area contributed by atoms with E-state index in [1.807, 2.05) is 0 Å². The monoisotopic (exact) mass is 390 g/mol. The highest BCUT2D eigenvalue weighted by Gasteiger charge is 2.54. The molecule has 5 unspecified atom stereocenters. The van der Waals surface area contributed by atoms with Gasteiger partial charge in [0.1, 0.15) is 12.7 Å². The van der Waals surface area contributed by atoms with Crippen molar-refractivity contribution in [1.82, 2.24) is 0 Å². The van der Waals surface area contributed by atoms with E-state index >= 15 is 0 Å². The summed E-state index contributed by atoms with van der Waals surface area (Å²) in [7, 11) is 0. The number of carbonyl (C=O) groups excluding carboxylic acids is 4. The summed E-state index contributed by atoms with van der Waals surface area (Å²) in [4.78, 5) is 45.7. The van der Waals surface area contributed by atoms with E-state index in [4.69, 9.17) is 28.4 Å². The third-order valence-electron chi connectivity index (χ3n) is 3.35. The molecule has 0 saturated carbocycles. The molecular weight excluding hydrogens is 364 g/mol. The van der Waals surface area contributed by atoms with Crippen LogP contribution in [0.25, 0.3) is 0 Å². The minimum absolute atomic E-state index is 0.301. The second kappa shape index (κ2) is 10.2.